The van der Waals surface area contributed by atoms with E-state index in [-0.39, 0.29) is 11.4 Å². The maximum atomic E-state index is 13.8. The molecule has 0 heterocycles. The Morgan fingerprint density at radius 2 is 1.41 bits per heavy atom. The number of carbonyl (C=O) groups is 2. The molecule has 9 heteroatoms. The van der Waals surface area contributed by atoms with E-state index in [4.69, 9.17) is 9.47 Å². The Labute approximate surface area is 231 Å². The molecule has 208 valence electrons. The SMILES string of the molecule is COC(=O)[C@@](C)([C@@H](NS(=O)(=O)c1ccc(C)cc1)c1ccccc1)N(Cc1ccccc1)C(=O)OC(C)(C)C. The van der Waals surface area contributed by atoms with E-state index in [1.54, 1.807) is 63.2 Å². The van der Waals surface area contributed by atoms with Gasteiger partial charge in [-0.05, 0) is 57.9 Å². The summed E-state index contributed by atoms with van der Waals surface area (Å²) < 4.78 is 41.0. The lowest BCUT2D eigenvalue weighted by molar-refractivity contribution is -0.156. The summed E-state index contributed by atoms with van der Waals surface area (Å²) in [6.45, 7) is 8.45. The number of carbonyl (C=O) groups excluding carboxylic acids is 2. The van der Waals surface area contributed by atoms with Gasteiger partial charge in [0.25, 0.3) is 0 Å². The first kappa shape index (κ1) is 29.9. The van der Waals surface area contributed by atoms with E-state index in [0.717, 1.165) is 5.56 Å². The van der Waals surface area contributed by atoms with Crippen molar-refractivity contribution in [1.29, 1.82) is 0 Å². The molecule has 3 aromatic carbocycles. The molecule has 39 heavy (non-hydrogen) atoms. The second-order valence-electron chi connectivity index (χ2n) is 10.5. The van der Waals surface area contributed by atoms with Crippen LogP contribution in [0.3, 0.4) is 0 Å². The number of amides is 1. The van der Waals surface area contributed by atoms with Gasteiger partial charge in [-0.3, -0.25) is 4.90 Å². The van der Waals surface area contributed by atoms with Gasteiger partial charge in [0.1, 0.15) is 5.60 Å². The van der Waals surface area contributed by atoms with Crippen molar-refractivity contribution < 1.29 is 27.5 Å². The highest BCUT2D eigenvalue weighted by Gasteiger charge is 2.53. The highest BCUT2D eigenvalue weighted by molar-refractivity contribution is 7.89. The molecule has 0 saturated carbocycles. The first-order valence-corrected chi connectivity index (χ1v) is 14.0. The third-order valence-corrected chi connectivity index (χ3v) is 7.69. The summed E-state index contributed by atoms with van der Waals surface area (Å²) in [7, 11) is -2.95. The lowest BCUT2D eigenvalue weighted by atomic mass is 9.85. The van der Waals surface area contributed by atoms with Crippen LogP contribution in [0.5, 0.6) is 0 Å². The summed E-state index contributed by atoms with van der Waals surface area (Å²) in [4.78, 5) is 28.7. The number of rotatable bonds is 9. The number of benzene rings is 3. The average molecular weight is 553 g/mol. The minimum Gasteiger partial charge on any atom is -0.467 e. The summed E-state index contributed by atoms with van der Waals surface area (Å²) in [6, 6.07) is 22.8. The molecule has 0 spiro atoms. The highest BCUT2D eigenvalue weighted by atomic mass is 32.2. The molecular formula is C30H36N2O6S. The van der Waals surface area contributed by atoms with E-state index >= 15 is 0 Å². The number of hydrogen-bond donors (Lipinski definition) is 1. The van der Waals surface area contributed by atoms with Crippen molar-refractivity contribution in [1.82, 2.24) is 9.62 Å². The van der Waals surface area contributed by atoms with Crippen LogP contribution in [0.15, 0.2) is 89.8 Å². The van der Waals surface area contributed by atoms with Gasteiger partial charge in [0.2, 0.25) is 10.0 Å². The van der Waals surface area contributed by atoms with Crippen LogP contribution in [-0.4, -0.2) is 43.6 Å². The Morgan fingerprint density at radius 3 is 1.92 bits per heavy atom. The topological polar surface area (TPSA) is 102 Å². The Bertz CT molecular complexity index is 1370. The maximum absolute atomic E-state index is 13.8. The van der Waals surface area contributed by atoms with E-state index in [2.05, 4.69) is 4.72 Å². The minimum atomic E-state index is -4.15. The number of nitrogens with one attached hydrogen (secondary N) is 1. The summed E-state index contributed by atoms with van der Waals surface area (Å²) in [5.41, 5.74) is -0.681. The van der Waals surface area contributed by atoms with Crippen molar-refractivity contribution in [3.63, 3.8) is 0 Å². The van der Waals surface area contributed by atoms with Crippen LogP contribution in [0.25, 0.3) is 0 Å². The fourth-order valence-corrected chi connectivity index (χ4v) is 5.49. The molecule has 0 aliphatic rings. The van der Waals surface area contributed by atoms with E-state index in [9.17, 15) is 18.0 Å². The third kappa shape index (κ3) is 7.25. The molecule has 2 atom stereocenters. The first-order chi connectivity index (χ1) is 18.3. The van der Waals surface area contributed by atoms with Gasteiger partial charge in [0.05, 0.1) is 24.6 Å². The van der Waals surface area contributed by atoms with Crippen molar-refractivity contribution in [3.05, 3.63) is 102 Å². The van der Waals surface area contributed by atoms with E-state index in [1.807, 2.05) is 37.3 Å². The van der Waals surface area contributed by atoms with Crippen LogP contribution in [0.2, 0.25) is 0 Å². The van der Waals surface area contributed by atoms with Crippen molar-refractivity contribution in [2.24, 2.45) is 0 Å². The molecule has 1 N–H and O–H groups in total. The van der Waals surface area contributed by atoms with Crippen LogP contribution in [-0.2, 0) is 30.8 Å². The number of nitrogens with zero attached hydrogens (tertiary/aromatic N) is 1. The zero-order chi connectivity index (χ0) is 28.8. The quantitative estimate of drug-likeness (QED) is 0.358. The number of methoxy groups -OCH3 is 1. The van der Waals surface area contributed by atoms with Gasteiger partial charge in [0.15, 0.2) is 5.54 Å². The fraction of sp³-hybridized carbons (Fsp3) is 0.333. The van der Waals surface area contributed by atoms with Gasteiger partial charge < -0.3 is 9.47 Å². The van der Waals surface area contributed by atoms with Crippen molar-refractivity contribution in [3.8, 4) is 0 Å². The van der Waals surface area contributed by atoms with Gasteiger partial charge in [-0.25, -0.2) is 22.7 Å². The molecule has 0 radical (unpaired) electrons. The van der Waals surface area contributed by atoms with Gasteiger partial charge in [0, 0.05) is 0 Å². The fourth-order valence-electron chi connectivity index (χ4n) is 4.19. The molecule has 0 aliphatic carbocycles. The van der Waals surface area contributed by atoms with Crippen LogP contribution in [0.1, 0.15) is 50.4 Å². The number of aryl methyl sites for hydroxylation is 1. The number of ether oxygens (including phenoxy) is 2. The van der Waals surface area contributed by atoms with Crippen LogP contribution >= 0.6 is 0 Å². The van der Waals surface area contributed by atoms with E-state index in [0.29, 0.717) is 11.1 Å². The van der Waals surface area contributed by atoms with E-state index in [1.165, 1.54) is 31.1 Å². The highest BCUT2D eigenvalue weighted by Crippen LogP contribution is 2.36. The minimum absolute atomic E-state index is 0.0214. The Balaban J connectivity index is 2.24. The van der Waals surface area contributed by atoms with Crippen molar-refractivity contribution >= 4 is 22.1 Å². The predicted octanol–water partition coefficient (Wildman–Crippen LogP) is 5.38. The van der Waals surface area contributed by atoms with Crippen molar-refractivity contribution in [2.75, 3.05) is 7.11 Å². The molecule has 0 unspecified atom stereocenters. The molecule has 8 nitrogen and oxygen atoms in total. The maximum Gasteiger partial charge on any atom is 0.411 e. The second-order valence-corrected chi connectivity index (χ2v) is 12.2. The number of esters is 1. The van der Waals surface area contributed by atoms with Gasteiger partial charge >= 0.3 is 12.1 Å². The zero-order valence-electron chi connectivity index (χ0n) is 23.2. The molecule has 0 fully saturated rings. The lowest BCUT2D eigenvalue weighted by Gasteiger charge is -2.44. The summed E-state index contributed by atoms with van der Waals surface area (Å²) in [6.07, 6.45) is -0.797. The van der Waals surface area contributed by atoms with Crippen molar-refractivity contribution in [2.45, 2.75) is 63.2 Å². The van der Waals surface area contributed by atoms with Gasteiger partial charge in [-0.2, -0.15) is 0 Å². The average Bonchev–Trinajstić information content (AvgIpc) is 2.90. The lowest BCUT2D eigenvalue weighted by Crippen LogP contribution is -2.62. The molecular weight excluding hydrogens is 516 g/mol. The predicted molar refractivity (Wildman–Crippen MR) is 149 cm³/mol. The smallest absolute Gasteiger partial charge is 0.411 e. The Hall–Kier alpha value is -3.69. The van der Waals surface area contributed by atoms with Gasteiger partial charge in [-0.15, -0.1) is 0 Å². The molecule has 1 amide bonds. The summed E-state index contributed by atoms with van der Waals surface area (Å²) in [5, 5.41) is 0. The standard InChI is InChI=1S/C30H36N2O6S/c1-22-17-19-25(20-18-22)39(35,36)31-26(24-15-11-8-12-16-24)30(5,27(33)37-6)32(28(34)38-29(2,3)4)21-23-13-9-7-10-14-23/h7-20,26,31H,21H2,1-6H3/t26-,30+/m0/s1. The Kier molecular flexibility index (Phi) is 9.19. The number of sulfonamides is 1. The largest absolute Gasteiger partial charge is 0.467 e. The molecule has 3 rings (SSSR count). The van der Waals surface area contributed by atoms with Crippen LogP contribution < -0.4 is 4.72 Å². The van der Waals surface area contributed by atoms with Gasteiger partial charge in [-0.1, -0.05) is 78.4 Å². The molecule has 3 aromatic rings. The van der Waals surface area contributed by atoms with E-state index < -0.39 is 39.3 Å². The zero-order valence-corrected chi connectivity index (χ0v) is 24.0. The van der Waals surface area contributed by atoms with Crippen LogP contribution in [0, 0.1) is 6.92 Å². The molecule has 0 aliphatic heterocycles. The monoisotopic (exact) mass is 552 g/mol. The molecule has 0 saturated heterocycles. The van der Waals surface area contributed by atoms with Crippen LogP contribution in [0.4, 0.5) is 4.79 Å². The first-order valence-electron chi connectivity index (χ1n) is 12.5. The molecule has 0 bridgehead atoms. The molecule has 0 aromatic heterocycles. The number of hydrogen-bond acceptors (Lipinski definition) is 6. The normalized spacial score (nSPS) is 14.1. The Morgan fingerprint density at radius 1 is 0.872 bits per heavy atom. The summed E-state index contributed by atoms with van der Waals surface area (Å²) in [5.74, 6) is -0.815. The second kappa shape index (κ2) is 12.0. The third-order valence-electron chi connectivity index (χ3n) is 6.26. The summed E-state index contributed by atoms with van der Waals surface area (Å²) >= 11 is 0.